The fourth-order valence-electron chi connectivity index (χ4n) is 10.9. The van der Waals surface area contributed by atoms with Crippen molar-refractivity contribution in [2.24, 2.45) is 0 Å². The van der Waals surface area contributed by atoms with Gasteiger partial charge in [-0.15, -0.1) is 0 Å². The van der Waals surface area contributed by atoms with Gasteiger partial charge in [-0.3, -0.25) is 4.79 Å². The first-order valence-corrected chi connectivity index (χ1v) is 33.3. The van der Waals surface area contributed by atoms with Crippen LogP contribution >= 0.6 is 0 Å². The lowest BCUT2D eigenvalue weighted by atomic mass is 9.98. The molecular weight excluding hydrogens is 1000 g/mol. The molecule has 0 saturated carbocycles. The number of hydrogen-bond donors (Lipinski definition) is 7. The Bertz CT molecular complexity index is 1360. The molecule has 7 N–H and O–H groups in total. The molecule has 0 aliphatic carbocycles. The molecule has 0 radical (unpaired) electrons. The number of carbonyl (C=O) groups excluding carboxylic acids is 1. The number of allylic oxidation sites excluding steroid dienone is 2. The summed E-state index contributed by atoms with van der Waals surface area (Å²) in [6, 6.07) is 0. The number of rotatable bonds is 56. The lowest BCUT2D eigenvalue weighted by molar-refractivity contribution is -0.332. The Hall–Kier alpha value is -1.27. The van der Waals surface area contributed by atoms with Crippen LogP contribution in [0.5, 0.6) is 0 Å². The highest BCUT2D eigenvalue weighted by Gasteiger charge is 2.47. The molecule has 14 nitrogen and oxygen atoms in total. The summed E-state index contributed by atoms with van der Waals surface area (Å²) < 4.78 is 34.5. The number of esters is 1. The van der Waals surface area contributed by atoms with Crippen molar-refractivity contribution in [2.45, 2.75) is 364 Å². The number of hydrogen-bond acceptors (Lipinski definition) is 14. The normalized spacial score (nSPS) is 24.0. The van der Waals surface area contributed by atoms with Crippen LogP contribution in [0.2, 0.25) is 0 Å². The first kappa shape index (κ1) is 73.8. The van der Waals surface area contributed by atoms with Crippen LogP contribution in [0.1, 0.15) is 296 Å². The summed E-state index contributed by atoms with van der Waals surface area (Å²) in [5.74, 6) is -0.371. The van der Waals surface area contributed by atoms with Gasteiger partial charge < -0.3 is 64.2 Å². The van der Waals surface area contributed by atoms with E-state index in [4.69, 9.17) is 28.4 Å². The van der Waals surface area contributed by atoms with Gasteiger partial charge in [0.15, 0.2) is 12.6 Å². The minimum Gasteiger partial charge on any atom is -0.457 e. The van der Waals surface area contributed by atoms with Gasteiger partial charge in [0.2, 0.25) is 0 Å². The Kier molecular flexibility index (Phi) is 48.9. The van der Waals surface area contributed by atoms with Crippen molar-refractivity contribution in [3.63, 3.8) is 0 Å². The molecule has 0 spiro atoms. The lowest BCUT2D eigenvalue weighted by Crippen LogP contribution is -2.61. The van der Waals surface area contributed by atoms with Gasteiger partial charge in [-0.25, -0.2) is 0 Å². The van der Waals surface area contributed by atoms with E-state index in [1.807, 2.05) is 0 Å². The van der Waals surface area contributed by atoms with Gasteiger partial charge in [0.1, 0.15) is 54.9 Å². The highest BCUT2D eigenvalue weighted by atomic mass is 16.7. The summed E-state index contributed by atoms with van der Waals surface area (Å²) in [5, 5.41) is 72.5. The van der Waals surface area contributed by atoms with Crippen LogP contribution in [0.25, 0.3) is 0 Å². The summed E-state index contributed by atoms with van der Waals surface area (Å²) in [4.78, 5) is 13.1. The molecule has 2 aliphatic heterocycles. The van der Waals surface area contributed by atoms with Gasteiger partial charge in [-0.2, -0.15) is 0 Å². The number of aliphatic hydroxyl groups excluding tert-OH is 7. The van der Waals surface area contributed by atoms with Crippen molar-refractivity contribution in [3.8, 4) is 0 Å². The van der Waals surface area contributed by atoms with Gasteiger partial charge in [-0.05, 0) is 38.5 Å². The van der Waals surface area contributed by atoms with E-state index in [0.717, 1.165) is 38.5 Å². The molecule has 0 aromatic heterocycles. The lowest BCUT2D eigenvalue weighted by Gasteiger charge is -2.42. The van der Waals surface area contributed by atoms with Gasteiger partial charge in [-0.1, -0.05) is 264 Å². The third-order valence-corrected chi connectivity index (χ3v) is 16.3. The number of ether oxygens (including phenoxy) is 6. The summed E-state index contributed by atoms with van der Waals surface area (Å²) in [6.45, 7) is 3.76. The smallest absolute Gasteiger partial charge is 0.306 e. The zero-order valence-electron chi connectivity index (χ0n) is 50.6. The monoisotopic (exact) mass is 1130 g/mol. The fraction of sp³-hybridized carbons (Fsp3) is 0.954. The van der Waals surface area contributed by atoms with Gasteiger partial charge in [0.25, 0.3) is 0 Å². The third-order valence-electron chi connectivity index (χ3n) is 16.3. The van der Waals surface area contributed by atoms with Crippen molar-refractivity contribution in [1.29, 1.82) is 0 Å². The van der Waals surface area contributed by atoms with E-state index in [0.29, 0.717) is 13.0 Å². The number of aliphatic hydroxyl groups is 7. The molecule has 79 heavy (non-hydrogen) atoms. The standard InChI is InChI=1S/C65H124O14/c1-3-5-7-9-11-13-15-17-19-21-23-24-25-26-27-28-29-31-33-35-37-39-41-43-45-47-49-74-51-54(77-57(67)48-46-44-42-40-38-36-34-32-30-22-20-18-16-14-12-10-8-6-4-2)52-75-64-63(73)61(71)59(69)56(79-64)53-76-65-62(72)60(70)58(68)55(50-66)78-65/h18,20,54-56,58-66,68-73H,3-17,19,21-53H2,1-2H3/b20-18-. The molecule has 2 aliphatic rings. The minimum atomic E-state index is -1.70. The number of unbranched alkanes of at least 4 members (excludes halogenated alkanes) is 40. The van der Waals surface area contributed by atoms with Crippen molar-refractivity contribution >= 4 is 5.97 Å². The maximum Gasteiger partial charge on any atom is 0.306 e. The SMILES string of the molecule is CCCCCCCC/C=C\CCCCCCCCCCCC(=O)OC(COCCCCCCCCCCCCCCCCCCCCCCCCCCCC)COC1OC(COC2OC(CO)C(O)C(O)C2O)C(O)C(O)C1O. The molecule has 2 fully saturated rings. The van der Waals surface area contributed by atoms with Gasteiger partial charge in [0.05, 0.1) is 26.4 Å². The zero-order chi connectivity index (χ0) is 57.2. The molecule has 0 bridgehead atoms. The average Bonchev–Trinajstić information content (AvgIpc) is 3.46. The summed E-state index contributed by atoms with van der Waals surface area (Å²) in [6.07, 6.45) is 44.3. The second kappa shape index (κ2) is 52.3. The Morgan fingerprint density at radius 3 is 1.15 bits per heavy atom. The predicted octanol–water partition coefficient (Wildman–Crippen LogP) is 13.3. The highest BCUT2D eigenvalue weighted by Crippen LogP contribution is 2.27. The maximum absolute atomic E-state index is 13.1. The first-order chi connectivity index (χ1) is 38.6. The van der Waals surface area contributed by atoms with E-state index < -0.39 is 80.7 Å². The predicted molar refractivity (Wildman–Crippen MR) is 317 cm³/mol. The van der Waals surface area contributed by atoms with Crippen LogP contribution in [-0.4, -0.2) is 142 Å². The van der Waals surface area contributed by atoms with Gasteiger partial charge >= 0.3 is 5.97 Å². The van der Waals surface area contributed by atoms with E-state index >= 15 is 0 Å². The minimum absolute atomic E-state index is 0.0678. The average molecular weight is 1130 g/mol. The molecule has 0 amide bonds. The Morgan fingerprint density at radius 1 is 0.405 bits per heavy atom. The molecule has 11 atom stereocenters. The van der Waals surface area contributed by atoms with Crippen LogP contribution in [0.3, 0.4) is 0 Å². The van der Waals surface area contributed by atoms with Crippen LogP contribution < -0.4 is 0 Å². The molecule has 14 heteroatoms. The molecule has 11 unspecified atom stereocenters. The maximum atomic E-state index is 13.1. The summed E-state index contributed by atoms with van der Waals surface area (Å²) in [5.41, 5.74) is 0. The summed E-state index contributed by atoms with van der Waals surface area (Å²) in [7, 11) is 0. The largest absolute Gasteiger partial charge is 0.457 e. The van der Waals surface area contributed by atoms with Crippen molar-refractivity contribution < 1.29 is 69.0 Å². The Balaban J connectivity index is 1.64. The Labute approximate surface area is 482 Å². The summed E-state index contributed by atoms with van der Waals surface area (Å²) >= 11 is 0. The van der Waals surface area contributed by atoms with E-state index in [-0.39, 0.29) is 25.6 Å². The second-order valence-electron chi connectivity index (χ2n) is 23.7. The first-order valence-electron chi connectivity index (χ1n) is 33.3. The molecule has 2 saturated heterocycles. The van der Waals surface area contributed by atoms with E-state index in [1.165, 1.54) is 231 Å². The van der Waals surface area contributed by atoms with Crippen LogP contribution in [-0.2, 0) is 33.2 Å². The van der Waals surface area contributed by atoms with Crippen molar-refractivity contribution in [3.05, 3.63) is 12.2 Å². The van der Waals surface area contributed by atoms with E-state index in [1.54, 1.807) is 0 Å². The molecule has 2 heterocycles. The quantitative estimate of drug-likeness (QED) is 0.0172. The van der Waals surface area contributed by atoms with Crippen LogP contribution in [0.4, 0.5) is 0 Å². The fourth-order valence-corrected chi connectivity index (χ4v) is 10.9. The zero-order valence-corrected chi connectivity index (χ0v) is 50.6. The molecule has 0 aromatic rings. The number of carbonyl (C=O) groups is 1. The van der Waals surface area contributed by atoms with Crippen LogP contribution in [0, 0.1) is 0 Å². The van der Waals surface area contributed by atoms with E-state index in [9.17, 15) is 40.5 Å². The molecule has 0 aromatic carbocycles. The van der Waals surface area contributed by atoms with E-state index in [2.05, 4.69) is 26.0 Å². The highest BCUT2D eigenvalue weighted by molar-refractivity contribution is 5.69. The third kappa shape index (κ3) is 38.3. The van der Waals surface area contributed by atoms with Crippen molar-refractivity contribution in [1.82, 2.24) is 0 Å². The van der Waals surface area contributed by atoms with Crippen LogP contribution in [0.15, 0.2) is 12.2 Å². The Morgan fingerprint density at radius 2 is 0.747 bits per heavy atom. The topological polar surface area (TPSA) is 214 Å². The van der Waals surface area contributed by atoms with Gasteiger partial charge in [0, 0.05) is 13.0 Å². The molecule has 2 rings (SSSR count). The molecular formula is C65H124O14. The van der Waals surface area contributed by atoms with Crippen molar-refractivity contribution in [2.75, 3.05) is 33.0 Å². The molecule has 468 valence electrons. The second-order valence-corrected chi connectivity index (χ2v) is 23.7.